The Kier molecular flexibility index (Phi) is 5.72. The third-order valence-corrected chi connectivity index (χ3v) is 6.67. The number of benzene rings is 1. The molecule has 3 heterocycles. The van der Waals surface area contributed by atoms with E-state index in [2.05, 4.69) is 43.4 Å². The molecular formula is C24H24F2N6O2. The first-order valence-corrected chi connectivity index (χ1v) is 11.1. The quantitative estimate of drug-likeness (QED) is 0.498. The number of amides is 1. The second kappa shape index (κ2) is 8.85. The largest absolute Gasteiger partial charge is 0.399 e. The molecule has 10 heteroatoms. The van der Waals surface area contributed by atoms with Gasteiger partial charge >= 0.3 is 17.8 Å². The van der Waals surface area contributed by atoms with Crippen molar-refractivity contribution in [2.75, 3.05) is 28.6 Å². The van der Waals surface area contributed by atoms with Gasteiger partial charge in [-0.25, -0.2) is 13.8 Å². The van der Waals surface area contributed by atoms with Crippen LogP contribution in [0.25, 0.3) is 0 Å². The van der Waals surface area contributed by atoms with Gasteiger partial charge < -0.3 is 20.0 Å². The molecule has 1 aliphatic heterocycles. The van der Waals surface area contributed by atoms with Gasteiger partial charge in [-0.2, -0.15) is 0 Å². The number of halogens is 2. The molecule has 0 atom stereocenters. The van der Waals surface area contributed by atoms with E-state index in [1.165, 1.54) is 18.9 Å². The summed E-state index contributed by atoms with van der Waals surface area (Å²) in [6.07, 6.45) is 8.48. The van der Waals surface area contributed by atoms with Gasteiger partial charge in [0.05, 0.1) is 11.9 Å². The number of nitrogens with one attached hydrogen (secondary N) is 2. The fourth-order valence-corrected chi connectivity index (χ4v) is 4.73. The van der Waals surface area contributed by atoms with Gasteiger partial charge in [-0.05, 0) is 61.3 Å². The summed E-state index contributed by atoms with van der Waals surface area (Å²) >= 11 is 0. The molecule has 34 heavy (non-hydrogen) atoms. The highest BCUT2D eigenvalue weighted by molar-refractivity contribution is 6.00. The third-order valence-electron chi connectivity index (χ3n) is 6.67. The second-order valence-electron chi connectivity index (χ2n) is 8.92. The Hall–Kier alpha value is -3.82. The SMILES string of the molecule is C=CC1CC2(CCN(c3ccc(NC(=O)c4nnc(Nc5ccc(F)c(F)c5)o4)cn3)CC2)C1. The standard InChI is InChI=1S/C24H24F2N6O2/c1-2-15-12-24(13-15)7-9-32(10-8-24)20-6-4-17(14-27-20)28-21(33)22-30-31-23(34-22)29-16-3-5-18(25)19(26)11-16/h2-6,11,14-15H,1,7-10,12-13H2,(H,28,33)(H,29,31). The molecule has 3 aromatic rings. The Bertz CT molecular complexity index is 1200. The average molecular weight is 466 g/mol. The predicted molar refractivity (Wildman–Crippen MR) is 123 cm³/mol. The van der Waals surface area contributed by atoms with Crippen LogP contribution in [0.1, 0.15) is 36.4 Å². The van der Waals surface area contributed by atoms with Crippen LogP contribution >= 0.6 is 0 Å². The van der Waals surface area contributed by atoms with Crippen LogP contribution in [0.3, 0.4) is 0 Å². The van der Waals surface area contributed by atoms with E-state index in [-0.39, 0.29) is 17.6 Å². The van der Waals surface area contributed by atoms with Crippen molar-refractivity contribution in [3.63, 3.8) is 0 Å². The van der Waals surface area contributed by atoms with E-state index in [9.17, 15) is 13.6 Å². The number of pyridine rings is 1. The minimum absolute atomic E-state index is 0.127. The third kappa shape index (κ3) is 4.48. The molecule has 8 nitrogen and oxygen atoms in total. The molecule has 1 aromatic carbocycles. The minimum Gasteiger partial charge on any atom is -0.399 e. The Balaban J connectivity index is 1.15. The monoisotopic (exact) mass is 466 g/mol. The van der Waals surface area contributed by atoms with Crippen molar-refractivity contribution < 1.29 is 18.0 Å². The zero-order valence-corrected chi connectivity index (χ0v) is 18.4. The number of hydrogen-bond acceptors (Lipinski definition) is 7. The van der Waals surface area contributed by atoms with Gasteiger partial charge in [0.2, 0.25) is 0 Å². The highest BCUT2D eigenvalue weighted by atomic mass is 19.2. The van der Waals surface area contributed by atoms with E-state index in [0.29, 0.717) is 17.0 Å². The van der Waals surface area contributed by atoms with Crippen LogP contribution < -0.4 is 15.5 Å². The minimum atomic E-state index is -1.02. The normalized spacial score (nSPS) is 17.3. The van der Waals surface area contributed by atoms with Crippen molar-refractivity contribution in [2.45, 2.75) is 25.7 Å². The number of anilines is 4. The zero-order valence-electron chi connectivity index (χ0n) is 18.4. The average Bonchev–Trinajstić information content (AvgIpc) is 3.29. The van der Waals surface area contributed by atoms with Crippen LogP contribution in [0.4, 0.5) is 32.0 Å². The van der Waals surface area contributed by atoms with Crippen LogP contribution in [0.5, 0.6) is 0 Å². The summed E-state index contributed by atoms with van der Waals surface area (Å²) in [6, 6.07) is 6.74. The maximum absolute atomic E-state index is 13.3. The number of carbonyl (C=O) groups is 1. The molecule has 0 bridgehead atoms. The number of carbonyl (C=O) groups excluding carboxylic acids is 1. The molecule has 0 radical (unpaired) electrons. The molecule has 1 saturated heterocycles. The molecule has 176 valence electrons. The van der Waals surface area contributed by atoms with E-state index in [1.807, 2.05) is 6.07 Å². The van der Waals surface area contributed by atoms with Gasteiger partial charge in [-0.1, -0.05) is 11.2 Å². The van der Waals surface area contributed by atoms with Gasteiger partial charge in [0.15, 0.2) is 11.6 Å². The van der Waals surface area contributed by atoms with Crippen molar-refractivity contribution in [1.29, 1.82) is 0 Å². The van der Waals surface area contributed by atoms with Gasteiger partial charge in [0.1, 0.15) is 5.82 Å². The molecule has 0 unspecified atom stereocenters. The van der Waals surface area contributed by atoms with Crippen LogP contribution in [0.2, 0.25) is 0 Å². The molecule has 2 N–H and O–H groups in total. The topological polar surface area (TPSA) is 96.2 Å². The Morgan fingerprint density at radius 2 is 1.88 bits per heavy atom. The van der Waals surface area contributed by atoms with Crippen LogP contribution in [-0.4, -0.2) is 34.2 Å². The summed E-state index contributed by atoms with van der Waals surface area (Å²) in [5, 5.41) is 12.7. The molecule has 5 rings (SSSR count). The highest BCUT2D eigenvalue weighted by Gasteiger charge is 2.44. The number of hydrogen-bond donors (Lipinski definition) is 2. The first kappa shape index (κ1) is 22.0. The van der Waals surface area contributed by atoms with Crippen molar-refractivity contribution in [2.24, 2.45) is 11.3 Å². The van der Waals surface area contributed by atoms with Gasteiger partial charge in [-0.3, -0.25) is 4.79 Å². The maximum atomic E-state index is 13.3. The number of rotatable bonds is 6. The Morgan fingerprint density at radius 1 is 1.12 bits per heavy atom. The first-order chi connectivity index (χ1) is 16.4. The van der Waals surface area contributed by atoms with E-state index in [1.54, 1.807) is 12.3 Å². The number of aromatic nitrogens is 3. The molecular weight excluding hydrogens is 442 g/mol. The summed E-state index contributed by atoms with van der Waals surface area (Å²) in [6.45, 7) is 5.85. The zero-order chi connectivity index (χ0) is 23.7. The molecule has 1 amide bonds. The fraction of sp³-hybridized carbons (Fsp3) is 0.333. The highest BCUT2D eigenvalue weighted by Crippen LogP contribution is 2.53. The molecule has 1 aliphatic carbocycles. The van der Waals surface area contributed by atoms with E-state index in [0.717, 1.165) is 43.9 Å². The Morgan fingerprint density at radius 3 is 2.56 bits per heavy atom. The number of allylic oxidation sites excluding steroid dienone is 1. The molecule has 2 aliphatic rings. The Labute approximate surface area is 195 Å². The van der Waals surface area contributed by atoms with Crippen LogP contribution in [0, 0.1) is 23.0 Å². The lowest BCUT2D eigenvalue weighted by atomic mass is 9.57. The lowest BCUT2D eigenvalue weighted by Crippen LogP contribution is -2.46. The lowest BCUT2D eigenvalue weighted by molar-refractivity contribution is 0.0529. The maximum Gasteiger partial charge on any atom is 0.320 e. The number of piperidine rings is 1. The molecule has 1 saturated carbocycles. The van der Waals surface area contributed by atoms with E-state index >= 15 is 0 Å². The second-order valence-corrected chi connectivity index (χ2v) is 8.92. The van der Waals surface area contributed by atoms with Gasteiger partial charge in [-0.15, -0.1) is 11.7 Å². The smallest absolute Gasteiger partial charge is 0.320 e. The number of nitrogens with zero attached hydrogens (tertiary/aromatic N) is 4. The van der Waals surface area contributed by atoms with E-state index < -0.39 is 17.5 Å². The first-order valence-electron chi connectivity index (χ1n) is 11.1. The predicted octanol–water partition coefficient (Wildman–Crippen LogP) is 4.92. The van der Waals surface area contributed by atoms with Crippen molar-refractivity contribution in [3.05, 3.63) is 66.7 Å². The summed E-state index contributed by atoms with van der Waals surface area (Å²) in [4.78, 5) is 19.2. The molecule has 2 aromatic heterocycles. The van der Waals surface area contributed by atoms with Gasteiger partial charge in [0, 0.05) is 24.8 Å². The van der Waals surface area contributed by atoms with Crippen molar-refractivity contribution in [3.8, 4) is 0 Å². The molecule has 1 spiro atoms. The van der Waals surface area contributed by atoms with Crippen molar-refractivity contribution in [1.82, 2.24) is 15.2 Å². The van der Waals surface area contributed by atoms with E-state index in [4.69, 9.17) is 4.42 Å². The van der Waals surface area contributed by atoms with Crippen molar-refractivity contribution >= 4 is 29.1 Å². The summed E-state index contributed by atoms with van der Waals surface area (Å²) in [5.74, 6) is -1.34. The van der Waals surface area contributed by atoms with Gasteiger partial charge in [0.25, 0.3) is 0 Å². The fourth-order valence-electron chi connectivity index (χ4n) is 4.73. The molecule has 2 fully saturated rings. The van der Waals surface area contributed by atoms with Crippen LogP contribution in [-0.2, 0) is 0 Å². The summed E-state index contributed by atoms with van der Waals surface area (Å²) in [7, 11) is 0. The summed E-state index contributed by atoms with van der Waals surface area (Å²) < 4.78 is 31.6. The lowest BCUT2D eigenvalue weighted by Gasteiger charge is -2.51. The van der Waals surface area contributed by atoms with Crippen LogP contribution in [0.15, 0.2) is 53.6 Å². The summed E-state index contributed by atoms with van der Waals surface area (Å²) in [5.41, 5.74) is 1.17.